The summed E-state index contributed by atoms with van der Waals surface area (Å²) in [4.78, 5) is 43.3. The van der Waals surface area contributed by atoms with E-state index in [9.17, 15) is 32.7 Å². The van der Waals surface area contributed by atoms with Gasteiger partial charge in [-0.05, 0) is 71.7 Å². The van der Waals surface area contributed by atoms with Crippen LogP contribution in [0.15, 0.2) is 103 Å². The number of alkyl halides is 3. The van der Waals surface area contributed by atoms with Gasteiger partial charge in [-0.15, -0.1) is 0 Å². The number of nitrogens with zero attached hydrogens (tertiary/aromatic N) is 3. The lowest BCUT2D eigenvalue weighted by Gasteiger charge is -2.46. The Morgan fingerprint density at radius 3 is 2.28 bits per heavy atom. The average Bonchev–Trinajstić information content (AvgIpc) is 3.89. The van der Waals surface area contributed by atoms with E-state index in [0.29, 0.717) is 37.4 Å². The first-order valence-corrected chi connectivity index (χ1v) is 20.6. The fraction of sp³-hybridized carbons (Fsp3) is 0.413. The van der Waals surface area contributed by atoms with Crippen LogP contribution in [-0.4, -0.2) is 89.3 Å². The van der Waals surface area contributed by atoms with Crippen LogP contribution in [0.3, 0.4) is 0 Å². The number of anilines is 1. The summed E-state index contributed by atoms with van der Waals surface area (Å²) in [6.45, 7) is 4.70. The molecule has 1 spiro atoms. The van der Waals surface area contributed by atoms with Crippen molar-refractivity contribution in [1.82, 2.24) is 20.4 Å². The molecule has 8 rings (SSSR count). The summed E-state index contributed by atoms with van der Waals surface area (Å²) in [5, 5.41) is 15.5. The van der Waals surface area contributed by atoms with Crippen LogP contribution < -0.4 is 15.5 Å². The number of benzene rings is 4. The summed E-state index contributed by atoms with van der Waals surface area (Å²) in [7, 11) is 0. The Labute approximate surface area is 347 Å². The van der Waals surface area contributed by atoms with Crippen molar-refractivity contribution < 1.29 is 42.1 Å². The van der Waals surface area contributed by atoms with Crippen molar-refractivity contribution in [3.63, 3.8) is 0 Å². The predicted octanol–water partition coefficient (Wildman–Crippen LogP) is 6.24. The van der Waals surface area contributed by atoms with Crippen LogP contribution in [0, 0.1) is 5.92 Å². The van der Waals surface area contributed by atoms with Gasteiger partial charge in [-0.3, -0.25) is 14.4 Å². The first-order chi connectivity index (χ1) is 28.9. The minimum absolute atomic E-state index is 0.0166. The van der Waals surface area contributed by atoms with Crippen LogP contribution in [0.1, 0.15) is 67.3 Å². The van der Waals surface area contributed by atoms with E-state index in [1.54, 1.807) is 0 Å². The highest BCUT2D eigenvalue weighted by atomic mass is 19.4. The molecule has 316 valence electrons. The number of carbonyl (C=O) groups excluding carboxylic acids is 3. The van der Waals surface area contributed by atoms with Gasteiger partial charge in [-0.25, -0.2) is 0 Å². The maximum atomic E-state index is 13.3. The SMILES string of the molecule is CC1C(CN2CCC3(CC2)C(=O)NCN3c2ccccc2)OC(c2ccc(-c3cccc(CNC(=O)C4CCCN4C(=O)C(F)(F)F)c3)cc2)OC1c1ccc(CO)cc1. The molecule has 4 heterocycles. The van der Waals surface area contributed by atoms with Crippen LogP contribution >= 0.6 is 0 Å². The number of hydrogen-bond acceptors (Lipinski definition) is 8. The number of aliphatic hydroxyl groups excluding tert-OH is 1. The number of halogens is 3. The molecule has 0 saturated carbocycles. The molecule has 4 aliphatic rings. The summed E-state index contributed by atoms with van der Waals surface area (Å²) >= 11 is 0. The van der Waals surface area contributed by atoms with Crippen molar-refractivity contribution in [2.24, 2.45) is 5.92 Å². The van der Waals surface area contributed by atoms with Crippen molar-refractivity contribution in [2.75, 3.05) is 37.7 Å². The summed E-state index contributed by atoms with van der Waals surface area (Å²) in [5.74, 6) is -2.54. The van der Waals surface area contributed by atoms with Gasteiger partial charge in [-0.2, -0.15) is 13.2 Å². The average molecular weight is 826 g/mol. The number of aliphatic hydroxyl groups is 1. The molecule has 0 aromatic heterocycles. The van der Waals surface area contributed by atoms with Gasteiger partial charge >= 0.3 is 12.1 Å². The monoisotopic (exact) mass is 825 g/mol. The molecule has 14 heteroatoms. The highest BCUT2D eigenvalue weighted by Crippen LogP contribution is 2.43. The Morgan fingerprint density at radius 2 is 1.58 bits per heavy atom. The number of piperidine rings is 1. The van der Waals surface area contributed by atoms with Crippen LogP contribution in [0.25, 0.3) is 11.1 Å². The maximum Gasteiger partial charge on any atom is 0.471 e. The third kappa shape index (κ3) is 8.51. The fourth-order valence-corrected chi connectivity index (χ4v) is 9.17. The Morgan fingerprint density at radius 1 is 0.867 bits per heavy atom. The minimum Gasteiger partial charge on any atom is -0.392 e. The summed E-state index contributed by atoms with van der Waals surface area (Å²) in [5.41, 5.74) is 5.63. The first-order valence-electron chi connectivity index (χ1n) is 20.6. The van der Waals surface area contributed by atoms with Crippen LogP contribution in [0.4, 0.5) is 18.9 Å². The minimum atomic E-state index is -5.03. The maximum absolute atomic E-state index is 13.3. The van der Waals surface area contributed by atoms with Gasteiger partial charge in [0, 0.05) is 49.9 Å². The van der Waals surface area contributed by atoms with Crippen LogP contribution in [0.5, 0.6) is 0 Å². The lowest BCUT2D eigenvalue weighted by Crippen LogP contribution is -2.57. The zero-order chi connectivity index (χ0) is 42.0. The second-order valence-corrected chi connectivity index (χ2v) is 16.3. The lowest BCUT2D eigenvalue weighted by atomic mass is 9.84. The highest BCUT2D eigenvalue weighted by Gasteiger charge is 2.51. The predicted molar refractivity (Wildman–Crippen MR) is 218 cm³/mol. The van der Waals surface area contributed by atoms with Crippen molar-refractivity contribution in [3.05, 3.63) is 125 Å². The number of amides is 3. The lowest BCUT2D eigenvalue weighted by molar-refractivity contribution is -0.276. The smallest absolute Gasteiger partial charge is 0.392 e. The van der Waals surface area contributed by atoms with E-state index in [4.69, 9.17) is 9.47 Å². The van der Waals surface area contributed by atoms with E-state index >= 15 is 0 Å². The van der Waals surface area contributed by atoms with Crippen molar-refractivity contribution in [2.45, 2.75) is 82.0 Å². The molecular weight excluding hydrogens is 776 g/mol. The van der Waals surface area contributed by atoms with Gasteiger partial charge in [0.05, 0.1) is 25.5 Å². The number of para-hydroxylation sites is 1. The largest absolute Gasteiger partial charge is 0.471 e. The van der Waals surface area contributed by atoms with Crippen molar-refractivity contribution in [3.8, 4) is 11.1 Å². The zero-order valence-corrected chi connectivity index (χ0v) is 33.4. The number of ether oxygens (including phenoxy) is 2. The Balaban J connectivity index is 0.950. The molecule has 3 amide bonds. The van der Waals surface area contributed by atoms with Crippen LogP contribution in [-0.2, 0) is 37.0 Å². The highest BCUT2D eigenvalue weighted by molar-refractivity contribution is 5.93. The standard InChI is InChI=1S/C46H50F3N5O6/c1-30-39(27-52-23-20-45(21-24-52)43(57)51-29-54(45)37-9-3-2-4-10-37)59-42(60-40(30)34-14-12-31(28-55)13-15-34)35-18-16-33(17-19-35)36-8-5-7-32(25-36)26-50-41(56)38-11-6-22-53(38)44(58)46(47,48)49/h2-5,7-10,12-19,25,30,38-40,42,55H,6,11,20-24,26-29H2,1H3,(H,50,56)(H,51,57). The van der Waals surface area contributed by atoms with Crippen LogP contribution in [0.2, 0.25) is 0 Å². The molecule has 0 radical (unpaired) electrons. The molecule has 0 aliphatic carbocycles. The Hall–Kier alpha value is -5.28. The normalized spacial score (nSPS) is 24.4. The van der Waals surface area contributed by atoms with Gasteiger partial charge in [0.1, 0.15) is 11.6 Å². The molecule has 4 fully saturated rings. The van der Waals surface area contributed by atoms with Gasteiger partial charge in [0.15, 0.2) is 6.29 Å². The molecule has 4 aromatic rings. The molecule has 11 nitrogen and oxygen atoms in total. The number of nitrogens with one attached hydrogen (secondary N) is 2. The van der Waals surface area contributed by atoms with E-state index in [-0.39, 0.29) is 50.2 Å². The molecule has 0 bridgehead atoms. The van der Waals surface area contributed by atoms with Gasteiger partial charge in [0.25, 0.3) is 0 Å². The van der Waals surface area contributed by atoms with Crippen molar-refractivity contribution in [1.29, 1.82) is 0 Å². The molecule has 5 atom stereocenters. The number of rotatable bonds is 10. The fourth-order valence-electron chi connectivity index (χ4n) is 9.17. The number of carbonyl (C=O) groups is 3. The Bertz CT molecular complexity index is 2150. The van der Waals surface area contributed by atoms with E-state index in [2.05, 4.69) is 39.5 Å². The molecule has 4 saturated heterocycles. The second kappa shape index (κ2) is 17.4. The molecule has 5 unspecified atom stereocenters. The number of hydrogen-bond donors (Lipinski definition) is 3. The zero-order valence-electron chi connectivity index (χ0n) is 33.4. The molecule has 60 heavy (non-hydrogen) atoms. The van der Waals surface area contributed by atoms with E-state index < -0.39 is 35.9 Å². The third-order valence-corrected chi connectivity index (χ3v) is 12.6. The molecule has 4 aliphatic heterocycles. The quantitative estimate of drug-likeness (QED) is 0.172. The third-order valence-electron chi connectivity index (χ3n) is 12.6. The van der Waals surface area contributed by atoms with E-state index in [1.165, 1.54) is 0 Å². The van der Waals surface area contributed by atoms with Gasteiger partial charge < -0.3 is 39.9 Å². The molecule has 3 N–H and O–H groups in total. The topological polar surface area (TPSA) is 124 Å². The van der Waals surface area contributed by atoms with Crippen molar-refractivity contribution >= 4 is 23.4 Å². The van der Waals surface area contributed by atoms with E-state index in [1.807, 2.05) is 91.0 Å². The molecular formula is C46H50F3N5O6. The second-order valence-electron chi connectivity index (χ2n) is 16.3. The Kier molecular flexibility index (Phi) is 12.0. The summed E-state index contributed by atoms with van der Waals surface area (Å²) < 4.78 is 52.8. The summed E-state index contributed by atoms with van der Waals surface area (Å²) in [6.07, 6.45) is -4.30. The van der Waals surface area contributed by atoms with Gasteiger partial charge in [0.2, 0.25) is 11.8 Å². The summed E-state index contributed by atoms with van der Waals surface area (Å²) in [6, 6.07) is 32.2. The van der Waals surface area contributed by atoms with Gasteiger partial charge in [-0.1, -0.05) is 91.9 Å². The number of likely N-dealkylation sites (tertiary alicyclic amines) is 2. The molecule has 4 aromatic carbocycles. The van der Waals surface area contributed by atoms with E-state index in [0.717, 1.165) is 52.2 Å². The first kappa shape index (κ1) is 41.5.